The van der Waals surface area contributed by atoms with Gasteiger partial charge in [-0.3, -0.25) is 9.59 Å². The minimum Gasteiger partial charge on any atom is -0.469 e. The van der Waals surface area contributed by atoms with Crippen molar-refractivity contribution in [2.45, 2.75) is 44.9 Å². The Balaban J connectivity index is 3.26. The first-order valence-corrected chi connectivity index (χ1v) is 5.99. The van der Waals surface area contributed by atoms with E-state index in [0.29, 0.717) is 12.8 Å². The molecule has 0 amide bonds. The SMILES string of the molecule is COC(=O)CCC/C=C\CCCCC(=O)OC. The highest BCUT2D eigenvalue weighted by Crippen LogP contribution is 2.04. The Bertz CT molecular complexity index is 246. The zero-order valence-corrected chi connectivity index (χ0v) is 10.7. The van der Waals surface area contributed by atoms with Crippen LogP contribution in [0, 0.1) is 0 Å². The van der Waals surface area contributed by atoms with E-state index >= 15 is 0 Å². The van der Waals surface area contributed by atoms with Crippen molar-refractivity contribution in [1.29, 1.82) is 0 Å². The fraction of sp³-hybridized carbons (Fsp3) is 0.692. The van der Waals surface area contributed by atoms with Gasteiger partial charge in [-0.2, -0.15) is 0 Å². The minimum atomic E-state index is -0.156. The van der Waals surface area contributed by atoms with Crippen molar-refractivity contribution >= 4 is 11.9 Å². The molecule has 0 aliphatic heterocycles. The van der Waals surface area contributed by atoms with Gasteiger partial charge in [0.25, 0.3) is 0 Å². The summed E-state index contributed by atoms with van der Waals surface area (Å²) in [6.45, 7) is 0. The summed E-state index contributed by atoms with van der Waals surface area (Å²) >= 11 is 0. The van der Waals surface area contributed by atoms with Gasteiger partial charge in [-0.05, 0) is 32.1 Å². The molecule has 4 nitrogen and oxygen atoms in total. The van der Waals surface area contributed by atoms with E-state index < -0.39 is 0 Å². The summed E-state index contributed by atoms with van der Waals surface area (Å²) in [5.41, 5.74) is 0. The van der Waals surface area contributed by atoms with Crippen LogP contribution >= 0.6 is 0 Å². The van der Waals surface area contributed by atoms with E-state index in [-0.39, 0.29) is 11.9 Å². The van der Waals surface area contributed by atoms with Crippen LogP contribution in [-0.4, -0.2) is 26.2 Å². The van der Waals surface area contributed by atoms with E-state index in [0.717, 1.165) is 32.1 Å². The van der Waals surface area contributed by atoms with Gasteiger partial charge < -0.3 is 9.47 Å². The number of carbonyl (C=O) groups excluding carboxylic acids is 2. The Hall–Kier alpha value is -1.32. The molecule has 0 aromatic heterocycles. The number of methoxy groups -OCH3 is 2. The van der Waals surface area contributed by atoms with Crippen LogP contribution in [0.25, 0.3) is 0 Å². The number of esters is 2. The van der Waals surface area contributed by atoms with Crippen molar-refractivity contribution in [3.8, 4) is 0 Å². The van der Waals surface area contributed by atoms with Gasteiger partial charge in [-0.1, -0.05) is 12.2 Å². The molecule has 0 heterocycles. The van der Waals surface area contributed by atoms with Crippen molar-refractivity contribution < 1.29 is 19.1 Å². The normalized spacial score (nSPS) is 10.5. The average Bonchev–Trinajstić information content (AvgIpc) is 2.35. The Kier molecular flexibility index (Phi) is 10.3. The monoisotopic (exact) mass is 242 g/mol. The molecule has 4 heteroatoms. The largest absolute Gasteiger partial charge is 0.469 e. The summed E-state index contributed by atoms with van der Waals surface area (Å²) in [5, 5.41) is 0. The average molecular weight is 242 g/mol. The predicted octanol–water partition coefficient (Wildman–Crippen LogP) is 2.62. The molecule has 0 aromatic rings. The van der Waals surface area contributed by atoms with E-state index in [2.05, 4.69) is 21.6 Å². The third-order valence-corrected chi connectivity index (χ3v) is 2.38. The number of hydrogen-bond donors (Lipinski definition) is 0. The predicted molar refractivity (Wildman–Crippen MR) is 65.5 cm³/mol. The molecule has 98 valence electrons. The molecular weight excluding hydrogens is 220 g/mol. The smallest absolute Gasteiger partial charge is 0.305 e. The number of unbranched alkanes of at least 4 members (excludes halogenated alkanes) is 3. The molecule has 0 unspecified atom stereocenters. The van der Waals surface area contributed by atoms with Gasteiger partial charge in [0.05, 0.1) is 14.2 Å². The molecule has 0 saturated carbocycles. The number of rotatable bonds is 9. The Morgan fingerprint density at radius 1 is 0.824 bits per heavy atom. The lowest BCUT2D eigenvalue weighted by molar-refractivity contribution is -0.141. The van der Waals surface area contributed by atoms with E-state index in [1.54, 1.807) is 0 Å². The molecule has 0 aliphatic rings. The summed E-state index contributed by atoms with van der Waals surface area (Å²) in [6.07, 6.45) is 9.67. The molecule has 0 spiro atoms. The highest BCUT2D eigenvalue weighted by Gasteiger charge is 1.98. The van der Waals surface area contributed by atoms with Crippen LogP contribution in [0.1, 0.15) is 44.9 Å². The summed E-state index contributed by atoms with van der Waals surface area (Å²) in [7, 11) is 2.81. The molecule has 0 radical (unpaired) electrons. The van der Waals surface area contributed by atoms with E-state index in [1.807, 2.05) is 0 Å². The van der Waals surface area contributed by atoms with Gasteiger partial charge in [0, 0.05) is 12.8 Å². The first-order valence-electron chi connectivity index (χ1n) is 5.99. The Morgan fingerprint density at radius 2 is 1.29 bits per heavy atom. The van der Waals surface area contributed by atoms with Gasteiger partial charge >= 0.3 is 11.9 Å². The fourth-order valence-corrected chi connectivity index (χ4v) is 1.34. The van der Waals surface area contributed by atoms with Crippen LogP contribution < -0.4 is 0 Å². The molecule has 0 atom stereocenters. The second kappa shape index (κ2) is 11.2. The molecule has 0 aliphatic carbocycles. The number of allylic oxidation sites excluding steroid dienone is 2. The fourth-order valence-electron chi connectivity index (χ4n) is 1.34. The number of hydrogen-bond acceptors (Lipinski definition) is 4. The standard InChI is InChI=1S/C13H22O4/c1-16-12(14)10-8-6-4-3-5-7-9-11-13(15)17-2/h3-4H,5-11H2,1-2H3/b4-3-. The lowest BCUT2D eigenvalue weighted by Crippen LogP contribution is -1.99. The number of carbonyl (C=O) groups is 2. The van der Waals surface area contributed by atoms with Crippen LogP contribution in [0.5, 0.6) is 0 Å². The molecule has 0 rings (SSSR count). The van der Waals surface area contributed by atoms with E-state index in [1.165, 1.54) is 14.2 Å². The first-order chi connectivity index (χ1) is 8.20. The highest BCUT2D eigenvalue weighted by atomic mass is 16.5. The molecule has 0 bridgehead atoms. The Morgan fingerprint density at radius 3 is 1.82 bits per heavy atom. The van der Waals surface area contributed by atoms with Crippen molar-refractivity contribution in [1.82, 2.24) is 0 Å². The summed E-state index contributed by atoms with van der Waals surface area (Å²) in [5.74, 6) is -0.302. The second-order valence-electron chi connectivity index (χ2n) is 3.76. The highest BCUT2D eigenvalue weighted by molar-refractivity contribution is 5.69. The van der Waals surface area contributed by atoms with Gasteiger partial charge in [0.2, 0.25) is 0 Å². The molecule has 0 aromatic carbocycles. The van der Waals surface area contributed by atoms with Crippen molar-refractivity contribution in [2.24, 2.45) is 0 Å². The summed E-state index contributed by atoms with van der Waals surface area (Å²) in [4.78, 5) is 21.6. The molecular formula is C13H22O4. The maximum atomic E-state index is 10.8. The third kappa shape index (κ3) is 11.0. The maximum Gasteiger partial charge on any atom is 0.305 e. The molecule has 17 heavy (non-hydrogen) atoms. The second-order valence-corrected chi connectivity index (χ2v) is 3.76. The lowest BCUT2D eigenvalue weighted by atomic mass is 10.1. The lowest BCUT2D eigenvalue weighted by Gasteiger charge is -1.97. The topological polar surface area (TPSA) is 52.6 Å². The van der Waals surface area contributed by atoms with Gasteiger partial charge in [-0.25, -0.2) is 0 Å². The van der Waals surface area contributed by atoms with E-state index in [4.69, 9.17) is 0 Å². The third-order valence-electron chi connectivity index (χ3n) is 2.38. The molecule has 0 fully saturated rings. The molecule has 0 saturated heterocycles. The minimum absolute atomic E-state index is 0.146. The zero-order valence-electron chi connectivity index (χ0n) is 10.7. The number of ether oxygens (including phenoxy) is 2. The van der Waals surface area contributed by atoms with Gasteiger partial charge in [-0.15, -0.1) is 0 Å². The molecule has 0 N–H and O–H groups in total. The quantitative estimate of drug-likeness (QED) is 0.354. The van der Waals surface area contributed by atoms with Crippen LogP contribution in [-0.2, 0) is 19.1 Å². The maximum absolute atomic E-state index is 10.8. The summed E-state index contributed by atoms with van der Waals surface area (Å²) in [6, 6.07) is 0. The van der Waals surface area contributed by atoms with Gasteiger partial charge in [0.15, 0.2) is 0 Å². The van der Waals surface area contributed by atoms with E-state index in [9.17, 15) is 9.59 Å². The van der Waals surface area contributed by atoms with Crippen molar-refractivity contribution in [3.63, 3.8) is 0 Å². The zero-order chi connectivity index (χ0) is 12.9. The van der Waals surface area contributed by atoms with Crippen molar-refractivity contribution in [3.05, 3.63) is 12.2 Å². The van der Waals surface area contributed by atoms with Crippen LogP contribution in [0.15, 0.2) is 12.2 Å². The van der Waals surface area contributed by atoms with Crippen LogP contribution in [0.4, 0.5) is 0 Å². The van der Waals surface area contributed by atoms with Crippen LogP contribution in [0.3, 0.4) is 0 Å². The van der Waals surface area contributed by atoms with Crippen molar-refractivity contribution in [2.75, 3.05) is 14.2 Å². The summed E-state index contributed by atoms with van der Waals surface area (Å²) < 4.78 is 9.08. The Labute approximate surface area is 103 Å². The van der Waals surface area contributed by atoms with Crippen LogP contribution in [0.2, 0.25) is 0 Å². The van der Waals surface area contributed by atoms with Gasteiger partial charge in [0.1, 0.15) is 0 Å². The first kappa shape index (κ1) is 15.7.